The van der Waals surface area contributed by atoms with Gasteiger partial charge in [0.05, 0.1) is 13.2 Å². The molecule has 0 saturated heterocycles. The Bertz CT molecular complexity index is 867. The fourth-order valence-electron chi connectivity index (χ4n) is 3.21. The molecule has 0 atom stereocenters. The molecule has 0 unspecified atom stereocenters. The van der Waals surface area contributed by atoms with E-state index < -0.39 is 0 Å². The van der Waals surface area contributed by atoms with E-state index in [9.17, 15) is 0 Å². The number of imidazole rings is 1. The van der Waals surface area contributed by atoms with Crippen LogP contribution in [0.15, 0.2) is 54.9 Å². The molecule has 4 nitrogen and oxygen atoms in total. The third-order valence-electron chi connectivity index (χ3n) is 4.31. The van der Waals surface area contributed by atoms with Crippen LogP contribution in [-0.4, -0.2) is 28.5 Å². The van der Waals surface area contributed by atoms with Gasteiger partial charge in [0, 0.05) is 30.2 Å². The molecule has 3 aromatic rings. The Morgan fingerprint density at radius 3 is 2.83 bits per heavy atom. The van der Waals surface area contributed by atoms with Crippen LogP contribution in [0.2, 0.25) is 0 Å². The fourth-order valence-corrected chi connectivity index (χ4v) is 3.21. The highest BCUT2D eigenvalue weighted by Crippen LogP contribution is 2.26. The van der Waals surface area contributed by atoms with E-state index in [0.717, 1.165) is 30.2 Å². The van der Waals surface area contributed by atoms with Crippen molar-refractivity contribution in [2.24, 2.45) is 0 Å². The maximum atomic E-state index is 5.53. The third-order valence-corrected chi connectivity index (χ3v) is 4.31. The van der Waals surface area contributed by atoms with Crippen molar-refractivity contribution in [1.29, 1.82) is 0 Å². The number of nitrogens with zero attached hydrogens (tertiary/aromatic N) is 3. The van der Waals surface area contributed by atoms with Crippen molar-refractivity contribution < 1.29 is 4.74 Å². The molecule has 0 saturated carbocycles. The molecule has 0 radical (unpaired) electrons. The molecule has 0 aliphatic carbocycles. The van der Waals surface area contributed by atoms with Gasteiger partial charge >= 0.3 is 0 Å². The van der Waals surface area contributed by atoms with Crippen LogP contribution >= 0.6 is 0 Å². The van der Waals surface area contributed by atoms with Crippen LogP contribution in [0.4, 0.5) is 0 Å². The van der Waals surface area contributed by atoms with E-state index in [1.54, 1.807) is 0 Å². The van der Waals surface area contributed by atoms with Crippen LogP contribution in [0.1, 0.15) is 16.7 Å². The number of aromatic nitrogens is 2. The monoisotopic (exact) mass is 319 g/mol. The van der Waals surface area contributed by atoms with Gasteiger partial charge < -0.3 is 9.64 Å². The van der Waals surface area contributed by atoms with Crippen LogP contribution < -0.4 is 0 Å². The van der Waals surface area contributed by atoms with E-state index in [0.29, 0.717) is 6.61 Å². The molecule has 1 aromatic heterocycles. The van der Waals surface area contributed by atoms with Crippen molar-refractivity contribution in [3.05, 3.63) is 71.5 Å². The number of ether oxygens (including phenoxy) is 1. The average molecular weight is 319 g/mol. The standard InChI is InChI=1S/C20H21N3O/c1-22(2)12-15-4-3-5-16(10-15)20-21-8-9-23(20)19-7-6-17-13-24-14-18(17)11-19/h3-11H,12-14H2,1-2H3. The molecule has 0 bridgehead atoms. The summed E-state index contributed by atoms with van der Waals surface area (Å²) >= 11 is 0. The predicted octanol–water partition coefficient (Wildman–Crippen LogP) is 3.63. The summed E-state index contributed by atoms with van der Waals surface area (Å²) in [5.74, 6) is 0.967. The van der Waals surface area contributed by atoms with E-state index in [1.165, 1.54) is 16.7 Å². The van der Waals surface area contributed by atoms with Gasteiger partial charge in [-0.25, -0.2) is 4.98 Å². The lowest BCUT2D eigenvalue weighted by atomic mass is 10.1. The highest BCUT2D eigenvalue weighted by molar-refractivity contribution is 5.60. The van der Waals surface area contributed by atoms with Gasteiger partial charge in [-0.3, -0.25) is 4.57 Å². The van der Waals surface area contributed by atoms with Gasteiger partial charge in [0.1, 0.15) is 5.82 Å². The zero-order chi connectivity index (χ0) is 16.5. The van der Waals surface area contributed by atoms with Crippen LogP contribution in [0.25, 0.3) is 17.1 Å². The van der Waals surface area contributed by atoms with E-state index in [1.807, 2.05) is 12.4 Å². The Kier molecular flexibility index (Phi) is 3.92. The number of hydrogen-bond acceptors (Lipinski definition) is 3. The van der Waals surface area contributed by atoms with Crippen molar-refractivity contribution in [3.63, 3.8) is 0 Å². The normalized spacial score (nSPS) is 13.5. The van der Waals surface area contributed by atoms with Crippen LogP contribution in [0.5, 0.6) is 0 Å². The summed E-state index contributed by atoms with van der Waals surface area (Å²) in [6, 6.07) is 15.1. The minimum atomic E-state index is 0.700. The van der Waals surface area contributed by atoms with Gasteiger partial charge in [-0.15, -0.1) is 0 Å². The largest absolute Gasteiger partial charge is 0.372 e. The lowest BCUT2D eigenvalue weighted by Gasteiger charge is -2.12. The molecule has 1 aliphatic rings. The SMILES string of the molecule is CN(C)Cc1cccc(-c2nccn2-c2ccc3c(c2)COC3)c1. The first-order valence-electron chi connectivity index (χ1n) is 8.18. The predicted molar refractivity (Wildman–Crippen MR) is 94.9 cm³/mol. The topological polar surface area (TPSA) is 30.3 Å². The molecule has 0 N–H and O–H groups in total. The Balaban J connectivity index is 1.73. The lowest BCUT2D eigenvalue weighted by Crippen LogP contribution is -2.10. The number of benzene rings is 2. The average Bonchev–Trinajstić information content (AvgIpc) is 3.23. The van der Waals surface area contributed by atoms with E-state index in [4.69, 9.17) is 4.74 Å². The molecular weight excluding hydrogens is 298 g/mol. The van der Waals surface area contributed by atoms with Gasteiger partial charge in [0.15, 0.2) is 0 Å². The minimum absolute atomic E-state index is 0.700. The van der Waals surface area contributed by atoms with Crippen LogP contribution in [0, 0.1) is 0 Å². The van der Waals surface area contributed by atoms with Crippen molar-refractivity contribution in [1.82, 2.24) is 14.5 Å². The second kappa shape index (κ2) is 6.23. The highest BCUT2D eigenvalue weighted by atomic mass is 16.5. The zero-order valence-corrected chi connectivity index (χ0v) is 14.1. The number of rotatable bonds is 4. The smallest absolute Gasteiger partial charge is 0.144 e. The fraction of sp³-hybridized carbons (Fsp3) is 0.250. The summed E-state index contributed by atoms with van der Waals surface area (Å²) in [4.78, 5) is 6.77. The second-order valence-electron chi connectivity index (χ2n) is 6.50. The molecule has 4 heteroatoms. The van der Waals surface area contributed by atoms with Gasteiger partial charge in [-0.1, -0.05) is 24.3 Å². The molecule has 0 fully saturated rings. The molecule has 122 valence electrons. The Morgan fingerprint density at radius 2 is 1.96 bits per heavy atom. The van der Waals surface area contributed by atoms with Crippen molar-refractivity contribution in [2.45, 2.75) is 19.8 Å². The highest BCUT2D eigenvalue weighted by Gasteiger charge is 2.14. The summed E-state index contributed by atoms with van der Waals surface area (Å²) in [5, 5.41) is 0. The first-order valence-corrected chi connectivity index (χ1v) is 8.18. The number of hydrogen-bond donors (Lipinski definition) is 0. The summed E-state index contributed by atoms with van der Waals surface area (Å²) < 4.78 is 7.67. The van der Waals surface area contributed by atoms with Gasteiger partial charge in [0.2, 0.25) is 0 Å². The van der Waals surface area contributed by atoms with Crippen LogP contribution in [0.3, 0.4) is 0 Å². The summed E-state index contributed by atoms with van der Waals surface area (Å²) in [7, 11) is 4.17. The molecule has 0 spiro atoms. The molecule has 0 amide bonds. The first-order chi connectivity index (χ1) is 11.7. The van der Waals surface area contributed by atoms with E-state index in [-0.39, 0.29) is 0 Å². The third kappa shape index (κ3) is 2.86. The lowest BCUT2D eigenvalue weighted by molar-refractivity contribution is 0.134. The maximum Gasteiger partial charge on any atom is 0.144 e. The van der Waals surface area contributed by atoms with Crippen molar-refractivity contribution in [3.8, 4) is 17.1 Å². The zero-order valence-electron chi connectivity index (χ0n) is 14.1. The van der Waals surface area contributed by atoms with E-state index >= 15 is 0 Å². The number of fused-ring (bicyclic) bond motifs is 1. The minimum Gasteiger partial charge on any atom is -0.372 e. The Hall–Kier alpha value is -2.43. The van der Waals surface area contributed by atoms with Crippen LogP contribution in [-0.2, 0) is 24.5 Å². The molecule has 24 heavy (non-hydrogen) atoms. The maximum absolute atomic E-state index is 5.53. The quantitative estimate of drug-likeness (QED) is 0.735. The van der Waals surface area contributed by atoms with Crippen molar-refractivity contribution in [2.75, 3.05) is 14.1 Å². The summed E-state index contributed by atoms with van der Waals surface area (Å²) in [6.07, 6.45) is 3.88. The summed E-state index contributed by atoms with van der Waals surface area (Å²) in [6.45, 7) is 2.34. The van der Waals surface area contributed by atoms with Gasteiger partial charge in [-0.2, -0.15) is 0 Å². The Morgan fingerprint density at radius 1 is 1.08 bits per heavy atom. The molecule has 2 heterocycles. The molecule has 2 aromatic carbocycles. The second-order valence-corrected chi connectivity index (χ2v) is 6.50. The van der Waals surface area contributed by atoms with Crippen molar-refractivity contribution >= 4 is 0 Å². The summed E-state index contributed by atoms with van der Waals surface area (Å²) in [5.41, 5.74) is 6.11. The van der Waals surface area contributed by atoms with Gasteiger partial charge in [0.25, 0.3) is 0 Å². The Labute approximate surface area is 142 Å². The van der Waals surface area contributed by atoms with E-state index in [2.05, 4.69) is 71.0 Å². The molecular formula is C20H21N3O. The van der Waals surface area contributed by atoms with Gasteiger partial charge in [-0.05, 0) is 49.0 Å². The molecule has 1 aliphatic heterocycles. The molecule has 4 rings (SSSR count). The first kappa shape index (κ1) is 15.1.